The van der Waals surface area contributed by atoms with Gasteiger partial charge < -0.3 is 15.0 Å². The SMILES string of the molecule is Cc1cc(Nc2ccc(OC(=O)c3cccc(N(C)C)c3)cc2)n2nc(-c3cccnc3)nc2n1. The Hall–Kier alpha value is -4.79. The van der Waals surface area contributed by atoms with Crippen molar-refractivity contribution in [1.82, 2.24) is 24.6 Å². The molecule has 3 heterocycles. The van der Waals surface area contributed by atoms with Crippen LogP contribution >= 0.6 is 0 Å². The topological polar surface area (TPSA) is 97.5 Å². The van der Waals surface area contributed by atoms with E-state index in [9.17, 15) is 4.79 Å². The molecule has 3 aromatic heterocycles. The summed E-state index contributed by atoms with van der Waals surface area (Å²) in [4.78, 5) is 27.7. The van der Waals surface area contributed by atoms with E-state index >= 15 is 0 Å². The number of pyridine rings is 1. The van der Waals surface area contributed by atoms with Crippen LogP contribution in [0.4, 0.5) is 17.2 Å². The third kappa shape index (κ3) is 4.79. The molecule has 2 aromatic carbocycles. The second-order valence-electron chi connectivity index (χ2n) is 8.16. The van der Waals surface area contributed by atoms with Gasteiger partial charge in [0.2, 0.25) is 0 Å². The number of carbonyl (C=O) groups excluding carboxylic acids is 1. The van der Waals surface area contributed by atoms with Crippen molar-refractivity contribution in [2.24, 2.45) is 0 Å². The minimum absolute atomic E-state index is 0.411. The van der Waals surface area contributed by atoms with E-state index < -0.39 is 5.97 Å². The first-order chi connectivity index (χ1) is 17.0. The predicted molar refractivity (Wildman–Crippen MR) is 134 cm³/mol. The van der Waals surface area contributed by atoms with E-state index in [2.05, 4.69) is 25.4 Å². The number of nitrogens with one attached hydrogen (secondary N) is 1. The number of nitrogens with zero attached hydrogens (tertiary/aromatic N) is 6. The Morgan fingerprint density at radius 3 is 2.57 bits per heavy atom. The summed E-state index contributed by atoms with van der Waals surface area (Å²) in [5, 5.41) is 7.94. The van der Waals surface area contributed by atoms with E-state index in [1.807, 2.05) is 68.4 Å². The van der Waals surface area contributed by atoms with Crippen LogP contribution in [0.3, 0.4) is 0 Å². The fourth-order valence-corrected chi connectivity index (χ4v) is 3.52. The number of fused-ring (bicyclic) bond motifs is 1. The Labute approximate surface area is 202 Å². The second-order valence-corrected chi connectivity index (χ2v) is 8.16. The number of aromatic nitrogens is 5. The highest BCUT2D eigenvalue weighted by Gasteiger charge is 2.13. The van der Waals surface area contributed by atoms with Crippen molar-refractivity contribution < 1.29 is 9.53 Å². The van der Waals surface area contributed by atoms with Gasteiger partial charge in [0.05, 0.1) is 5.56 Å². The lowest BCUT2D eigenvalue weighted by Crippen LogP contribution is -2.12. The summed E-state index contributed by atoms with van der Waals surface area (Å²) in [6, 6.07) is 20.1. The van der Waals surface area contributed by atoms with Gasteiger partial charge in [0.1, 0.15) is 11.6 Å². The van der Waals surface area contributed by atoms with Gasteiger partial charge in [0.25, 0.3) is 5.78 Å². The average Bonchev–Trinajstić information content (AvgIpc) is 3.30. The van der Waals surface area contributed by atoms with Crippen molar-refractivity contribution in [3.05, 3.63) is 90.4 Å². The number of carbonyl (C=O) groups is 1. The highest BCUT2D eigenvalue weighted by molar-refractivity contribution is 5.92. The molecule has 9 nitrogen and oxygen atoms in total. The van der Waals surface area contributed by atoms with E-state index in [1.165, 1.54) is 0 Å². The summed E-state index contributed by atoms with van der Waals surface area (Å²) in [7, 11) is 3.85. The quantitative estimate of drug-likeness (QED) is 0.289. The molecule has 0 spiro atoms. The lowest BCUT2D eigenvalue weighted by molar-refractivity contribution is 0.0735. The van der Waals surface area contributed by atoms with E-state index in [1.54, 1.807) is 41.2 Å². The lowest BCUT2D eigenvalue weighted by atomic mass is 10.2. The van der Waals surface area contributed by atoms with Gasteiger partial charge in [0.15, 0.2) is 5.82 Å². The minimum atomic E-state index is -0.411. The summed E-state index contributed by atoms with van der Waals surface area (Å²) >= 11 is 0. The molecular formula is C26H23N7O2. The van der Waals surface area contributed by atoms with Crippen LogP contribution < -0.4 is 15.0 Å². The molecule has 9 heteroatoms. The molecule has 0 fully saturated rings. The first-order valence-electron chi connectivity index (χ1n) is 11.0. The van der Waals surface area contributed by atoms with Crippen molar-refractivity contribution in [3.8, 4) is 17.1 Å². The first kappa shape index (κ1) is 22.0. The van der Waals surface area contributed by atoms with Crippen LogP contribution in [0, 0.1) is 6.92 Å². The Kier molecular flexibility index (Phi) is 5.80. The maximum atomic E-state index is 12.6. The number of aryl methyl sites for hydroxylation is 1. The van der Waals surface area contributed by atoms with Crippen LogP contribution in [0.15, 0.2) is 79.1 Å². The molecule has 1 N–H and O–H groups in total. The minimum Gasteiger partial charge on any atom is -0.423 e. The largest absolute Gasteiger partial charge is 0.423 e. The molecule has 0 aliphatic carbocycles. The van der Waals surface area contributed by atoms with Gasteiger partial charge in [-0.1, -0.05) is 6.07 Å². The maximum Gasteiger partial charge on any atom is 0.343 e. The molecule has 0 amide bonds. The molecule has 0 radical (unpaired) electrons. The number of hydrogen-bond acceptors (Lipinski definition) is 8. The summed E-state index contributed by atoms with van der Waals surface area (Å²) < 4.78 is 7.21. The smallest absolute Gasteiger partial charge is 0.343 e. The first-order valence-corrected chi connectivity index (χ1v) is 11.0. The van der Waals surface area contributed by atoms with Crippen molar-refractivity contribution in [1.29, 1.82) is 0 Å². The normalized spacial score (nSPS) is 10.8. The van der Waals surface area contributed by atoms with Crippen molar-refractivity contribution in [2.75, 3.05) is 24.3 Å². The summed E-state index contributed by atoms with van der Waals surface area (Å²) in [5.74, 6) is 1.77. The molecule has 174 valence electrons. The molecule has 0 bridgehead atoms. The van der Waals surface area contributed by atoms with Gasteiger partial charge in [-0.05, 0) is 61.5 Å². The van der Waals surface area contributed by atoms with Crippen LogP contribution in [0.25, 0.3) is 17.2 Å². The van der Waals surface area contributed by atoms with Gasteiger partial charge in [-0.2, -0.15) is 9.50 Å². The van der Waals surface area contributed by atoms with Crippen LogP contribution in [0.5, 0.6) is 5.75 Å². The van der Waals surface area contributed by atoms with Crippen molar-refractivity contribution in [2.45, 2.75) is 6.92 Å². The molecule has 0 aliphatic rings. The van der Waals surface area contributed by atoms with E-state index in [4.69, 9.17) is 4.74 Å². The Morgan fingerprint density at radius 1 is 1.00 bits per heavy atom. The molecule has 0 unspecified atom stereocenters. The van der Waals surface area contributed by atoms with Crippen molar-refractivity contribution in [3.63, 3.8) is 0 Å². The van der Waals surface area contributed by atoms with Crippen molar-refractivity contribution >= 4 is 28.9 Å². The molecular weight excluding hydrogens is 442 g/mol. The molecule has 0 aliphatic heterocycles. The second kappa shape index (κ2) is 9.22. The number of hydrogen-bond donors (Lipinski definition) is 1. The van der Waals surface area contributed by atoms with E-state index in [-0.39, 0.29) is 0 Å². The summed E-state index contributed by atoms with van der Waals surface area (Å²) in [6.45, 7) is 1.90. The van der Waals surface area contributed by atoms with Gasteiger partial charge in [-0.15, -0.1) is 5.10 Å². The van der Waals surface area contributed by atoms with Crippen LogP contribution in [0.2, 0.25) is 0 Å². The Balaban J connectivity index is 1.35. The fourth-order valence-electron chi connectivity index (χ4n) is 3.52. The number of anilines is 3. The number of esters is 1. The molecule has 0 saturated carbocycles. The average molecular weight is 466 g/mol. The zero-order valence-corrected chi connectivity index (χ0v) is 19.5. The molecule has 5 aromatic rings. The number of ether oxygens (including phenoxy) is 1. The van der Waals surface area contributed by atoms with Crippen LogP contribution in [-0.2, 0) is 0 Å². The molecule has 0 atom stereocenters. The third-order valence-corrected chi connectivity index (χ3v) is 5.30. The number of rotatable bonds is 6. The van der Waals surface area contributed by atoms with Crippen LogP contribution in [0.1, 0.15) is 16.1 Å². The van der Waals surface area contributed by atoms with E-state index in [0.29, 0.717) is 28.7 Å². The van der Waals surface area contributed by atoms with Gasteiger partial charge in [-0.3, -0.25) is 4.98 Å². The zero-order chi connectivity index (χ0) is 24.4. The van der Waals surface area contributed by atoms with Gasteiger partial charge in [0, 0.05) is 55.2 Å². The predicted octanol–water partition coefficient (Wildman–Crippen LogP) is 4.52. The maximum absolute atomic E-state index is 12.6. The zero-order valence-electron chi connectivity index (χ0n) is 19.5. The number of benzene rings is 2. The Bertz CT molecular complexity index is 1500. The van der Waals surface area contributed by atoms with E-state index in [0.717, 1.165) is 22.6 Å². The van der Waals surface area contributed by atoms with Gasteiger partial charge in [-0.25, -0.2) is 9.78 Å². The summed E-state index contributed by atoms with van der Waals surface area (Å²) in [6.07, 6.45) is 3.42. The van der Waals surface area contributed by atoms with Crippen LogP contribution in [-0.4, -0.2) is 44.6 Å². The monoisotopic (exact) mass is 465 g/mol. The lowest BCUT2D eigenvalue weighted by Gasteiger charge is -2.13. The molecule has 35 heavy (non-hydrogen) atoms. The summed E-state index contributed by atoms with van der Waals surface area (Å²) in [5.41, 5.74) is 3.82. The fraction of sp³-hybridized carbons (Fsp3) is 0.115. The Morgan fingerprint density at radius 2 is 1.83 bits per heavy atom. The highest BCUT2D eigenvalue weighted by atomic mass is 16.5. The molecule has 5 rings (SSSR count). The van der Waals surface area contributed by atoms with Gasteiger partial charge >= 0.3 is 5.97 Å². The standard InChI is InChI=1S/C26H23N7O2/c1-17-14-23(33-26(28-17)30-24(31-33)19-7-5-13-27-16-19)29-20-9-11-22(12-10-20)35-25(34)18-6-4-8-21(15-18)32(2)3/h4-16,29H,1-3H3. The highest BCUT2D eigenvalue weighted by Crippen LogP contribution is 2.23. The molecule has 0 saturated heterocycles. The third-order valence-electron chi connectivity index (χ3n) is 5.30.